The molecule has 34 heavy (non-hydrogen) atoms. The predicted octanol–water partition coefficient (Wildman–Crippen LogP) is 5.56. The third-order valence-corrected chi connectivity index (χ3v) is 6.80. The Kier molecular flexibility index (Phi) is 4.81. The van der Waals surface area contributed by atoms with Crippen LogP contribution in [0.25, 0.3) is 33.3 Å². The molecule has 1 fully saturated rings. The number of fused-ring (bicyclic) bond motifs is 5. The Balaban J connectivity index is 1.39. The fourth-order valence-electron chi connectivity index (χ4n) is 4.85. The highest BCUT2D eigenvalue weighted by Crippen LogP contribution is 2.45. The average molecular weight is 464 g/mol. The summed E-state index contributed by atoms with van der Waals surface area (Å²) in [4.78, 5) is 12.4. The number of piperazine rings is 1. The monoisotopic (exact) mass is 464 g/mol. The summed E-state index contributed by atoms with van der Waals surface area (Å²) in [7, 11) is 2.14. The number of benzene rings is 2. The third-order valence-electron chi connectivity index (χ3n) is 6.80. The van der Waals surface area contributed by atoms with Crippen LogP contribution in [0.2, 0.25) is 0 Å². The third kappa shape index (κ3) is 3.49. The Morgan fingerprint density at radius 3 is 2.44 bits per heavy atom. The second-order valence-electron chi connectivity index (χ2n) is 8.92. The van der Waals surface area contributed by atoms with Gasteiger partial charge in [0.15, 0.2) is 0 Å². The molecule has 2 aromatic carbocycles. The maximum absolute atomic E-state index is 13.0. The van der Waals surface area contributed by atoms with Gasteiger partial charge in [-0.25, -0.2) is 4.98 Å². The number of aromatic nitrogens is 2. The van der Waals surface area contributed by atoms with E-state index in [1.165, 1.54) is 17.8 Å². The van der Waals surface area contributed by atoms with E-state index in [2.05, 4.69) is 45.0 Å². The Morgan fingerprint density at radius 2 is 1.71 bits per heavy atom. The van der Waals surface area contributed by atoms with Gasteiger partial charge < -0.3 is 19.5 Å². The van der Waals surface area contributed by atoms with Crippen molar-refractivity contribution < 1.29 is 17.9 Å². The van der Waals surface area contributed by atoms with Crippen molar-refractivity contribution in [1.82, 2.24) is 14.9 Å². The van der Waals surface area contributed by atoms with Crippen LogP contribution in [-0.2, 0) is 12.8 Å². The summed E-state index contributed by atoms with van der Waals surface area (Å²) in [5.41, 5.74) is 5.69. The predicted molar refractivity (Wildman–Crippen MR) is 126 cm³/mol. The van der Waals surface area contributed by atoms with Crippen molar-refractivity contribution in [3.8, 4) is 28.0 Å². The highest BCUT2D eigenvalue weighted by molar-refractivity contribution is 6.02. The molecule has 0 atom stereocenters. The van der Waals surface area contributed by atoms with Gasteiger partial charge in [-0.3, -0.25) is 0 Å². The van der Waals surface area contributed by atoms with Crippen LogP contribution in [0.5, 0.6) is 5.75 Å². The van der Waals surface area contributed by atoms with Crippen LogP contribution in [0.3, 0.4) is 0 Å². The Bertz CT molecular complexity index is 1370. The molecular formula is C26H23F3N4O. The van der Waals surface area contributed by atoms with E-state index in [1.807, 2.05) is 0 Å². The van der Waals surface area contributed by atoms with Crippen LogP contribution in [0, 0.1) is 0 Å². The van der Waals surface area contributed by atoms with E-state index in [4.69, 9.17) is 4.74 Å². The normalized spacial score (nSPS) is 16.3. The number of alkyl halides is 3. The largest absolute Gasteiger partial charge is 0.487 e. The molecule has 0 aliphatic carbocycles. The van der Waals surface area contributed by atoms with Crippen LogP contribution in [-0.4, -0.2) is 48.1 Å². The summed E-state index contributed by atoms with van der Waals surface area (Å²) >= 11 is 0. The number of anilines is 1. The molecule has 4 heterocycles. The van der Waals surface area contributed by atoms with Gasteiger partial charge in [-0.1, -0.05) is 18.2 Å². The van der Waals surface area contributed by atoms with Crippen LogP contribution in [0.1, 0.15) is 11.1 Å². The lowest BCUT2D eigenvalue weighted by atomic mass is 9.95. The lowest BCUT2D eigenvalue weighted by Gasteiger charge is -2.34. The van der Waals surface area contributed by atoms with Crippen molar-refractivity contribution in [2.75, 3.05) is 38.1 Å². The lowest BCUT2D eigenvalue weighted by Crippen LogP contribution is -2.44. The minimum atomic E-state index is -4.37. The maximum atomic E-state index is 13.0. The minimum Gasteiger partial charge on any atom is -0.487 e. The topological polar surface area (TPSA) is 44.4 Å². The van der Waals surface area contributed by atoms with Gasteiger partial charge in [-0.05, 0) is 48.0 Å². The maximum Gasteiger partial charge on any atom is 0.416 e. The van der Waals surface area contributed by atoms with Gasteiger partial charge in [-0.2, -0.15) is 13.2 Å². The molecule has 0 spiro atoms. The number of halogens is 3. The van der Waals surface area contributed by atoms with Crippen molar-refractivity contribution in [2.24, 2.45) is 0 Å². The fraction of sp³-hybridized carbons (Fsp3) is 0.269. The SMILES string of the molecule is CN1CCN(c2ccc3c(c2)COc2c-3cnc3[nH]cc(-c4ccc(C(F)(F)F)cc4)c23)CC1. The van der Waals surface area contributed by atoms with Crippen LogP contribution in [0.4, 0.5) is 18.9 Å². The Hall–Kier alpha value is -3.52. The zero-order valence-electron chi connectivity index (χ0n) is 18.6. The van der Waals surface area contributed by atoms with E-state index < -0.39 is 11.7 Å². The Labute approximate surface area is 194 Å². The number of hydrogen-bond acceptors (Lipinski definition) is 4. The quantitative estimate of drug-likeness (QED) is 0.422. The number of rotatable bonds is 2. The van der Waals surface area contributed by atoms with Crippen molar-refractivity contribution in [3.05, 3.63) is 66.0 Å². The molecule has 2 aliphatic heterocycles. The molecule has 174 valence electrons. The number of pyridine rings is 1. The first-order valence-corrected chi connectivity index (χ1v) is 11.3. The second-order valence-corrected chi connectivity index (χ2v) is 8.92. The standard InChI is InChI=1S/C26H23F3N4O/c1-32-8-10-33(11-9-32)19-6-7-20-17(12-19)15-34-24-22(20)14-31-25-23(24)21(13-30-25)16-2-4-18(5-3-16)26(27,28)29/h2-7,12-14H,8-11,15H2,1H3,(H,30,31). The first kappa shape index (κ1) is 21.0. The number of nitrogens with zero attached hydrogens (tertiary/aromatic N) is 3. The summed E-state index contributed by atoms with van der Waals surface area (Å²) < 4.78 is 45.3. The first-order chi connectivity index (χ1) is 16.4. The van der Waals surface area contributed by atoms with E-state index in [-0.39, 0.29) is 0 Å². The molecule has 1 N–H and O–H groups in total. The molecule has 8 heteroatoms. The zero-order valence-corrected chi connectivity index (χ0v) is 18.6. The van der Waals surface area contributed by atoms with Gasteiger partial charge in [0, 0.05) is 55.4 Å². The molecule has 0 unspecified atom stereocenters. The number of aromatic amines is 1. The van der Waals surface area contributed by atoms with E-state index in [1.54, 1.807) is 12.4 Å². The molecule has 4 aromatic rings. The van der Waals surface area contributed by atoms with Crippen LogP contribution < -0.4 is 9.64 Å². The van der Waals surface area contributed by atoms with Crippen molar-refractivity contribution in [1.29, 1.82) is 0 Å². The highest BCUT2D eigenvalue weighted by atomic mass is 19.4. The van der Waals surface area contributed by atoms with E-state index >= 15 is 0 Å². The number of ether oxygens (including phenoxy) is 1. The molecule has 0 radical (unpaired) electrons. The average Bonchev–Trinajstić information content (AvgIpc) is 3.28. The summed E-state index contributed by atoms with van der Waals surface area (Å²) in [5.74, 6) is 0.709. The van der Waals surface area contributed by atoms with Gasteiger partial charge in [0.05, 0.1) is 10.9 Å². The smallest absolute Gasteiger partial charge is 0.416 e. The zero-order chi connectivity index (χ0) is 23.4. The summed E-state index contributed by atoms with van der Waals surface area (Å²) in [6.45, 7) is 4.50. The van der Waals surface area contributed by atoms with Crippen LogP contribution >= 0.6 is 0 Å². The highest BCUT2D eigenvalue weighted by Gasteiger charge is 2.30. The van der Waals surface area contributed by atoms with E-state index in [9.17, 15) is 13.2 Å². The van der Waals surface area contributed by atoms with E-state index in [0.717, 1.165) is 66.0 Å². The van der Waals surface area contributed by atoms with E-state index in [0.29, 0.717) is 23.6 Å². The summed E-state index contributed by atoms with van der Waals surface area (Å²) in [6.07, 6.45) is -0.788. The van der Waals surface area contributed by atoms with Gasteiger partial charge >= 0.3 is 6.18 Å². The van der Waals surface area contributed by atoms with Gasteiger partial charge in [-0.15, -0.1) is 0 Å². The number of H-pyrrole nitrogens is 1. The van der Waals surface area contributed by atoms with Crippen LogP contribution in [0.15, 0.2) is 54.9 Å². The molecule has 0 saturated carbocycles. The molecule has 5 nitrogen and oxygen atoms in total. The first-order valence-electron chi connectivity index (χ1n) is 11.3. The minimum absolute atomic E-state index is 0.431. The number of nitrogens with one attached hydrogen (secondary N) is 1. The molecular weight excluding hydrogens is 441 g/mol. The van der Waals surface area contributed by atoms with Gasteiger partial charge in [0.2, 0.25) is 0 Å². The molecule has 1 saturated heterocycles. The Morgan fingerprint density at radius 1 is 0.941 bits per heavy atom. The summed E-state index contributed by atoms with van der Waals surface area (Å²) in [6, 6.07) is 11.7. The number of likely N-dealkylation sites (N-methyl/N-ethyl adjacent to an activating group) is 1. The van der Waals surface area contributed by atoms with Crippen molar-refractivity contribution >= 4 is 16.7 Å². The fourth-order valence-corrected chi connectivity index (χ4v) is 4.85. The summed E-state index contributed by atoms with van der Waals surface area (Å²) in [5, 5.41) is 0.783. The molecule has 2 aromatic heterocycles. The molecule has 6 rings (SSSR count). The van der Waals surface area contributed by atoms with Crippen molar-refractivity contribution in [3.63, 3.8) is 0 Å². The number of hydrogen-bond donors (Lipinski definition) is 1. The second kappa shape index (κ2) is 7.77. The molecule has 0 bridgehead atoms. The lowest BCUT2D eigenvalue weighted by molar-refractivity contribution is -0.137. The molecule has 0 amide bonds. The van der Waals surface area contributed by atoms with Gasteiger partial charge in [0.1, 0.15) is 18.0 Å². The van der Waals surface area contributed by atoms with Gasteiger partial charge in [0.25, 0.3) is 0 Å². The van der Waals surface area contributed by atoms with Crippen molar-refractivity contribution in [2.45, 2.75) is 12.8 Å². The molecule has 2 aliphatic rings.